The van der Waals surface area contributed by atoms with Gasteiger partial charge in [0, 0.05) is 25.8 Å². The van der Waals surface area contributed by atoms with Gasteiger partial charge in [0.1, 0.15) is 0 Å². The fourth-order valence-electron chi connectivity index (χ4n) is 3.37. The summed E-state index contributed by atoms with van der Waals surface area (Å²) < 4.78 is 1.88. The number of aryl methyl sites for hydroxylation is 1. The Labute approximate surface area is 127 Å². The Balaban J connectivity index is 1.99. The first-order valence-electron chi connectivity index (χ1n) is 7.73. The fourth-order valence-corrected chi connectivity index (χ4v) is 3.37. The van der Waals surface area contributed by atoms with Gasteiger partial charge in [-0.2, -0.15) is 5.10 Å². The van der Waals surface area contributed by atoms with Crippen LogP contribution in [-0.4, -0.2) is 15.8 Å². The lowest BCUT2D eigenvalue weighted by Crippen LogP contribution is -2.39. The number of rotatable bonds is 1. The fraction of sp³-hybridized carbons (Fsp3) is 0.500. The maximum atomic E-state index is 4.31. The summed E-state index contributed by atoms with van der Waals surface area (Å²) in [5, 5.41) is 4.31. The van der Waals surface area contributed by atoms with E-state index >= 15 is 0 Å². The van der Waals surface area contributed by atoms with E-state index in [2.05, 4.69) is 62.1 Å². The molecule has 0 fully saturated rings. The molecule has 1 aromatic carbocycles. The number of benzene rings is 1. The van der Waals surface area contributed by atoms with E-state index in [9.17, 15) is 0 Å². The molecule has 2 aromatic rings. The van der Waals surface area contributed by atoms with Crippen LogP contribution in [0.15, 0.2) is 30.6 Å². The summed E-state index contributed by atoms with van der Waals surface area (Å²) in [6.07, 6.45) is 5.18. The molecule has 0 saturated heterocycles. The maximum Gasteiger partial charge on any atom is 0.0757 e. The highest BCUT2D eigenvalue weighted by Gasteiger charge is 2.28. The van der Waals surface area contributed by atoms with Crippen LogP contribution in [0.5, 0.6) is 0 Å². The molecule has 1 aliphatic heterocycles. The molecule has 1 aliphatic rings. The summed E-state index contributed by atoms with van der Waals surface area (Å²) in [5.74, 6) is 0. The largest absolute Gasteiger partial charge is 0.362 e. The number of fused-ring (bicyclic) bond motifs is 1. The summed E-state index contributed by atoms with van der Waals surface area (Å²) in [4.78, 5) is 2.46. The van der Waals surface area contributed by atoms with E-state index in [-0.39, 0.29) is 5.41 Å². The van der Waals surface area contributed by atoms with Gasteiger partial charge in [0.15, 0.2) is 0 Å². The molecule has 0 saturated carbocycles. The molecule has 2 heterocycles. The van der Waals surface area contributed by atoms with Gasteiger partial charge in [0.05, 0.1) is 11.9 Å². The monoisotopic (exact) mass is 283 g/mol. The van der Waals surface area contributed by atoms with Crippen LogP contribution in [0.25, 0.3) is 0 Å². The first-order chi connectivity index (χ1) is 9.86. The minimum absolute atomic E-state index is 0.210. The van der Waals surface area contributed by atoms with Crippen molar-refractivity contribution in [2.45, 2.75) is 52.1 Å². The highest BCUT2D eigenvalue weighted by atomic mass is 15.3. The molecule has 3 rings (SSSR count). The van der Waals surface area contributed by atoms with E-state index < -0.39 is 0 Å². The van der Waals surface area contributed by atoms with E-state index in [0.717, 1.165) is 13.0 Å². The molecule has 0 spiro atoms. The molecule has 0 radical (unpaired) electrons. The van der Waals surface area contributed by atoms with Crippen LogP contribution in [0.3, 0.4) is 0 Å². The van der Waals surface area contributed by atoms with Crippen molar-refractivity contribution < 1.29 is 0 Å². The van der Waals surface area contributed by atoms with Gasteiger partial charge in [-0.15, -0.1) is 0 Å². The predicted molar refractivity (Wildman–Crippen MR) is 87.7 cm³/mol. The molecule has 0 N–H and O–H groups in total. The quantitative estimate of drug-likeness (QED) is 0.796. The van der Waals surface area contributed by atoms with Crippen molar-refractivity contribution in [3.05, 3.63) is 47.3 Å². The number of hydrogen-bond acceptors (Lipinski definition) is 2. The molecular weight excluding hydrogens is 258 g/mol. The van der Waals surface area contributed by atoms with E-state index in [1.54, 1.807) is 5.56 Å². The molecule has 0 amide bonds. The zero-order valence-electron chi connectivity index (χ0n) is 13.7. The number of nitrogens with zero attached hydrogens (tertiary/aromatic N) is 3. The van der Waals surface area contributed by atoms with Crippen LogP contribution >= 0.6 is 0 Å². The van der Waals surface area contributed by atoms with Crippen molar-refractivity contribution in [2.75, 3.05) is 4.90 Å². The van der Waals surface area contributed by atoms with Gasteiger partial charge in [-0.3, -0.25) is 4.68 Å². The average Bonchev–Trinajstić information content (AvgIpc) is 2.82. The van der Waals surface area contributed by atoms with E-state index in [1.807, 2.05) is 17.9 Å². The normalized spacial score (nSPS) is 18.7. The van der Waals surface area contributed by atoms with Crippen LogP contribution < -0.4 is 4.90 Å². The maximum absolute atomic E-state index is 4.31. The van der Waals surface area contributed by atoms with Gasteiger partial charge in [0.2, 0.25) is 0 Å². The topological polar surface area (TPSA) is 21.1 Å². The van der Waals surface area contributed by atoms with E-state index in [4.69, 9.17) is 0 Å². The highest BCUT2D eigenvalue weighted by Crippen LogP contribution is 2.34. The van der Waals surface area contributed by atoms with E-state index in [0.29, 0.717) is 6.04 Å². The number of anilines is 1. The van der Waals surface area contributed by atoms with Crippen molar-refractivity contribution in [3.8, 4) is 0 Å². The summed E-state index contributed by atoms with van der Waals surface area (Å²) in [5.41, 5.74) is 5.94. The lowest BCUT2D eigenvalue weighted by Gasteiger charge is -2.38. The zero-order valence-corrected chi connectivity index (χ0v) is 13.7. The SMILES string of the molecule is CC1Cc2c(cccc2C(C)(C)C)CN1c1cnn(C)c1. The molecule has 3 nitrogen and oxygen atoms in total. The second-order valence-corrected chi connectivity index (χ2v) is 7.25. The standard InChI is InChI=1S/C18H25N3/c1-13-9-16-14(7-6-8-17(16)18(2,3)4)11-21(13)15-10-19-20(5)12-15/h6-8,10,12-13H,9,11H2,1-5H3. The molecule has 112 valence electrons. The Morgan fingerprint density at radius 1 is 1.24 bits per heavy atom. The molecule has 0 bridgehead atoms. The van der Waals surface area contributed by atoms with Gasteiger partial charge in [0.25, 0.3) is 0 Å². The Hall–Kier alpha value is -1.77. The summed E-state index contributed by atoms with van der Waals surface area (Å²) in [6, 6.07) is 7.28. The van der Waals surface area contributed by atoms with Crippen LogP contribution in [-0.2, 0) is 25.4 Å². The summed E-state index contributed by atoms with van der Waals surface area (Å²) >= 11 is 0. The second kappa shape index (κ2) is 4.90. The third-order valence-corrected chi connectivity index (χ3v) is 4.48. The van der Waals surface area contributed by atoms with Gasteiger partial charge in [-0.05, 0) is 35.4 Å². The van der Waals surface area contributed by atoms with Crippen LogP contribution in [0, 0.1) is 0 Å². The summed E-state index contributed by atoms with van der Waals surface area (Å²) in [7, 11) is 1.98. The molecular formula is C18H25N3. The lowest BCUT2D eigenvalue weighted by atomic mass is 9.79. The van der Waals surface area contributed by atoms with Crippen LogP contribution in [0.1, 0.15) is 44.4 Å². The third kappa shape index (κ3) is 2.57. The highest BCUT2D eigenvalue weighted by molar-refractivity contribution is 5.51. The van der Waals surface area contributed by atoms with Gasteiger partial charge in [-0.1, -0.05) is 39.0 Å². The van der Waals surface area contributed by atoms with Gasteiger partial charge >= 0.3 is 0 Å². The molecule has 0 aliphatic carbocycles. The lowest BCUT2D eigenvalue weighted by molar-refractivity contribution is 0.547. The Bertz CT molecular complexity index is 649. The van der Waals surface area contributed by atoms with Crippen molar-refractivity contribution in [1.82, 2.24) is 9.78 Å². The Morgan fingerprint density at radius 3 is 2.62 bits per heavy atom. The first-order valence-corrected chi connectivity index (χ1v) is 7.73. The Kier molecular flexibility index (Phi) is 3.31. The minimum Gasteiger partial charge on any atom is -0.362 e. The van der Waals surface area contributed by atoms with Gasteiger partial charge < -0.3 is 4.90 Å². The minimum atomic E-state index is 0.210. The predicted octanol–water partition coefficient (Wildman–Crippen LogP) is 3.67. The van der Waals surface area contributed by atoms with Crippen LogP contribution in [0.4, 0.5) is 5.69 Å². The first kappa shape index (κ1) is 14.2. The average molecular weight is 283 g/mol. The van der Waals surface area contributed by atoms with Crippen molar-refractivity contribution in [1.29, 1.82) is 0 Å². The van der Waals surface area contributed by atoms with Gasteiger partial charge in [-0.25, -0.2) is 0 Å². The van der Waals surface area contributed by atoms with E-state index in [1.165, 1.54) is 16.8 Å². The molecule has 1 aromatic heterocycles. The Morgan fingerprint density at radius 2 is 2.00 bits per heavy atom. The van der Waals surface area contributed by atoms with Crippen LogP contribution in [0.2, 0.25) is 0 Å². The molecule has 1 unspecified atom stereocenters. The number of aromatic nitrogens is 2. The van der Waals surface area contributed by atoms with Crippen molar-refractivity contribution in [2.24, 2.45) is 7.05 Å². The smallest absolute Gasteiger partial charge is 0.0757 e. The molecule has 1 atom stereocenters. The zero-order chi connectivity index (χ0) is 15.2. The molecule has 3 heteroatoms. The third-order valence-electron chi connectivity index (χ3n) is 4.48. The molecule has 21 heavy (non-hydrogen) atoms. The van der Waals surface area contributed by atoms with Crippen molar-refractivity contribution in [3.63, 3.8) is 0 Å². The number of hydrogen-bond donors (Lipinski definition) is 0. The van der Waals surface area contributed by atoms with Crippen molar-refractivity contribution >= 4 is 5.69 Å². The second-order valence-electron chi connectivity index (χ2n) is 7.25. The summed E-state index contributed by atoms with van der Waals surface area (Å²) in [6.45, 7) is 10.2.